The number of nitrogens with one attached hydrogen (secondary N) is 2. The van der Waals surface area contributed by atoms with E-state index in [4.69, 9.17) is 16.7 Å². The number of hydrazine groups is 1. The van der Waals surface area contributed by atoms with Gasteiger partial charge in [-0.3, -0.25) is 4.98 Å². The third-order valence-electron chi connectivity index (χ3n) is 4.22. The van der Waals surface area contributed by atoms with E-state index in [1.165, 1.54) is 12.1 Å². The summed E-state index contributed by atoms with van der Waals surface area (Å²) in [5.41, 5.74) is 4.45. The Kier molecular flexibility index (Phi) is 4.23. The van der Waals surface area contributed by atoms with E-state index in [1.54, 1.807) is 24.5 Å². The van der Waals surface area contributed by atoms with E-state index in [2.05, 4.69) is 20.8 Å². The second kappa shape index (κ2) is 6.85. The minimum absolute atomic E-state index is 0.327. The molecule has 0 aliphatic rings. The van der Waals surface area contributed by atoms with Crippen LogP contribution in [0.5, 0.6) is 0 Å². The molecule has 0 amide bonds. The summed E-state index contributed by atoms with van der Waals surface area (Å²) in [4.78, 5) is 8.94. The number of benzene rings is 2. The van der Waals surface area contributed by atoms with Gasteiger partial charge in [0.2, 0.25) is 0 Å². The lowest BCUT2D eigenvalue weighted by molar-refractivity contribution is 0.628. The number of amidine groups is 1. The Labute approximate surface area is 153 Å². The maximum atomic E-state index is 13.5. The fourth-order valence-electron chi connectivity index (χ4n) is 2.99. The van der Waals surface area contributed by atoms with Crippen LogP contribution in [0, 0.1) is 5.82 Å². The van der Waals surface area contributed by atoms with Gasteiger partial charge in [-0.15, -0.1) is 0 Å². The first kappa shape index (κ1) is 16.7. The Bertz CT molecular complexity index is 1170. The minimum Gasteiger partial charge on any atom is -0.340 e. The van der Waals surface area contributed by atoms with Crippen LogP contribution < -0.4 is 22.4 Å². The summed E-state index contributed by atoms with van der Waals surface area (Å²) < 4.78 is 13.5. The maximum Gasteiger partial charge on any atom is 0.166 e. The zero-order chi connectivity index (χ0) is 18.8. The highest BCUT2D eigenvalue weighted by atomic mass is 19.1. The molecule has 4 rings (SSSR count). The number of hydrazone groups is 1. The molecule has 7 nitrogen and oxygen atoms in total. The Balaban J connectivity index is 1.93. The van der Waals surface area contributed by atoms with E-state index in [-0.39, 0.29) is 5.82 Å². The van der Waals surface area contributed by atoms with Crippen molar-refractivity contribution >= 4 is 39.0 Å². The van der Waals surface area contributed by atoms with Gasteiger partial charge in [0.15, 0.2) is 5.84 Å². The highest BCUT2D eigenvalue weighted by molar-refractivity contribution is 6.12. The number of rotatable bonds is 3. The Morgan fingerprint density at radius 2 is 1.93 bits per heavy atom. The molecule has 134 valence electrons. The van der Waals surface area contributed by atoms with Crippen LogP contribution in [0.25, 0.3) is 21.7 Å². The van der Waals surface area contributed by atoms with Crippen LogP contribution in [0.1, 0.15) is 5.56 Å². The highest BCUT2D eigenvalue weighted by Gasteiger charge is 2.11. The molecule has 2 aromatic heterocycles. The molecule has 6 N–H and O–H groups in total. The van der Waals surface area contributed by atoms with Crippen molar-refractivity contribution in [3.63, 3.8) is 0 Å². The van der Waals surface area contributed by atoms with E-state index in [1.807, 2.05) is 24.3 Å². The Morgan fingerprint density at radius 1 is 1.04 bits per heavy atom. The zero-order valence-electron chi connectivity index (χ0n) is 14.1. The molecular weight excluding hydrogens is 345 g/mol. The van der Waals surface area contributed by atoms with Crippen molar-refractivity contribution in [2.24, 2.45) is 16.8 Å². The lowest BCUT2D eigenvalue weighted by Gasteiger charge is -2.12. The Hall–Kier alpha value is -3.78. The largest absolute Gasteiger partial charge is 0.340 e. The quantitative estimate of drug-likeness (QED) is 0.147. The number of aromatic nitrogens is 2. The first-order chi connectivity index (χ1) is 13.2. The second-order valence-electron chi connectivity index (χ2n) is 5.87. The van der Waals surface area contributed by atoms with Crippen LogP contribution in [0.2, 0.25) is 0 Å². The van der Waals surface area contributed by atoms with Gasteiger partial charge in [-0.25, -0.2) is 15.2 Å². The van der Waals surface area contributed by atoms with Crippen LogP contribution >= 0.6 is 0 Å². The number of halogens is 1. The maximum absolute atomic E-state index is 13.5. The zero-order valence-corrected chi connectivity index (χ0v) is 14.1. The van der Waals surface area contributed by atoms with Gasteiger partial charge in [0, 0.05) is 39.8 Å². The predicted octanol–water partition coefficient (Wildman–Crippen LogP) is 2.75. The molecule has 0 fully saturated rings. The molecule has 4 aromatic rings. The van der Waals surface area contributed by atoms with E-state index < -0.39 is 0 Å². The van der Waals surface area contributed by atoms with Gasteiger partial charge in [0.05, 0.1) is 5.52 Å². The van der Waals surface area contributed by atoms with Crippen LogP contribution in [0.15, 0.2) is 66.0 Å². The first-order valence-corrected chi connectivity index (χ1v) is 8.14. The predicted molar refractivity (Wildman–Crippen MR) is 105 cm³/mol. The molecule has 0 bridgehead atoms. The number of nitrogens with zero attached hydrogens (tertiary/aromatic N) is 3. The average molecular weight is 361 g/mol. The van der Waals surface area contributed by atoms with E-state index in [0.717, 1.165) is 16.2 Å². The number of nitrogens with two attached hydrogens (primary N) is 2. The lowest BCUT2D eigenvalue weighted by atomic mass is 10.1. The topological polar surface area (TPSA) is 114 Å². The molecular formula is C19H16FN7. The van der Waals surface area contributed by atoms with Crippen molar-refractivity contribution in [3.05, 3.63) is 72.3 Å². The summed E-state index contributed by atoms with van der Waals surface area (Å²) in [5, 5.41) is 9.52. The van der Waals surface area contributed by atoms with Crippen molar-refractivity contribution < 1.29 is 4.39 Å². The molecule has 0 aliphatic carbocycles. The normalized spacial score (nSPS) is 11.7. The van der Waals surface area contributed by atoms with Crippen LogP contribution in [-0.2, 0) is 0 Å². The number of fused-ring (bicyclic) bond motifs is 3. The molecule has 8 heteroatoms. The van der Waals surface area contributed by atoms with E-state index >= 15 is 0 Å². The summed E-state index contributed by atoms with van der Waals surface area (Å²) in [7, 11) is 0. The van der Waals surface area contributed by atoms with Crippen molar-refractivity contribution in [2.75, 3.05) is 5.32 Å². The van der Waals surface area contributed by atoms with Crippen LogP contribution in [0.4, 0.5) is 15.9 Å². The smallest absolute Gasteiger partial charge is 0.166 e. The molecule has 0 saturated heterocycles. The third kappa shape index (κ3) is 3.09. The molecule has 2 heterocycles. The monoisotopic (exact) mass is 361 g/mol. The first-order valence-electron chi connectivity index (χ1n) is 8.14. The van der Waals surface area contributed by atoms with Crippen molar-refractivity contribution in [3.8, 4) is 0 Å². The van der Waals surface area contributed by atoms with Gasteiger partial charge in [-0.2, -0.15) is 5.10 Å². The van der Waals surface area contributed by atoms with Gasteiger partial charge < -0.3 is 16.6 Å². The summed E-state index contributed by atoms with van der Waals surface area (Å²) in [5.74, 6) is 11.4. The second-order valence-corrected chi connectivity index (χ2v) is 5.87. The van der Waals surface area contributed by atoms with Crippen molar-refractivity contribution in [2.45, 2.75) is 0 Å². The summed E-state index contributed by atoms with van der Waals surface area (Å²) in [6, 6.07) is 13.7. The van der Waals surface area contributed by atoms with Gasteiger partial charge in [-0.1, -0.05) is 18.2 Å². The number of hydrogen-bond donors (Lipinski definition) is 4. The summed E-state index contributed by atoms with van der Waals surface area (Å²) >= 11 is 0. The van der Waals surface area contributed by atoms with Crippen molar-refractivity contribution in [1.82, 2.24) is 15.4 Å². The standard InChI is InChI=1S/C19H16FN7/c20-12-2-1-3-13(9-12)24-19-15-6-7-23-10-16(15)14-5-4-11(8-17(14)25-19)18(26-21)27-22/h1-10H,21-22H2,(H,24,25)(H,26,27). The number of anilines is 2. The van der Waals surface area contributed by atoms with Gasteiger partial charge in [-0.05, 0) is 30.3 Å². The molecule has 0 radical (unpaired) electrons. The van der Waals surface area contributed by atoms with Gasteiger partial charge >= 0.3 is 0 Å². The summed E-state index contributed by atoms with van der Waals surface area (Å²) in [6.07, 6.45) is 3.47. The van der Waals surface area contributed by atoms with Crippen molar-refractivity contribution in [1.29, 1.82) is 0 Å². The van der Waals surface area contributed by atoms with Gasteiger partial charge in [0.25, 0.3) is 0 Å². The fourth-order valence-corrected chi connectivity index (χ4v) is 2.99. The lowest BCUT2D eigenvalue weighted by Crippen LogP contribution is -2.32. The highest BCUT2D eigenvalue weighted by Crippen LogP contribution is 2.31. The van der Waals surface area contributed by atoms with E-state index in [9.17, 15) is 4.39 Å². The SMILES string of the molecule is N/N=C(\NN)c1ccc2c(c1)nc(Nc1cccc(F)c1)c1ccncc12. The molecule has 0 spiro atoms. The third-order valence-corrected chi connectivity index (χ3v) is 4.22. The van der Waals surface area contributed by atoms with Crippen LogP contribution in [-0.4, -0.2) is 15.8 Å². The average Bonchev–Trinajstić information content (AvgIpc) is 2.69. The molecule has 2 aromatic carbocycles. The molecule has 0 saturated carbocycles. The Morgan fingerprint density at radius 3 is 2.70 bits per heavy atom. The van der Waals surface area contributed by atoms with Crippen LogP contribution in [0.3, 0.4) is 0 Å². The minimum atomic E-state index is -0.327. The molecule has 0 aliphatic heterocycles. The van der Waals surface area contributed by atoms with Gasteiger partial charge in [0.1, 0.15) is 11.6 Å². The molecule has 27 heavy (non-hydrogen) atoms. The molecule has 0 unspecified atom stereocenters. The number of pyridine rings is 2. The summed E-state index contributed by atoms with van der Waals surface area (Å²) in [6.45, 7) is 0. The number of hydrogen-bond acceptors (Lipinski definition) is 6. The molecule has 0 atom stereocenters. The fraction of sp³-hybridized carbons (Fsp3) is 0. The van der Waals surface area contributed by atoms with E-state index in [0.29, 0.717) is 28.4 Å².